The van der Waals surface area contributed by atoms with Gasteiger partial charge in [-0.3, -0.25) is 0 Å². The highest BCUT2D eigenvalue weighted by molar-refractivity contribution is 5.98. The molecule has 1 nitrogen and oxygen atoms in total. The first-order valence-corrected chi connectivity index (χ1v) is 18.6. The molecule has 1 heteroatoms. The van der Waals surface area contributed by atoms with Crippen molar-refractivity contribution in [2.24, 2.45) is 11.3 Å². The molecule has 50 heavy (non-hydrogen) atoms. The van der Waals surface area contributed by atoms with Gasteiger partial charge in [-0.15, -0.1) is 0 Å². The first kappa shape index (κ1) is 30.0. The largest absolute Gasteiger partial charge is 0.310 e. The highest BCUT2D eigenvalue weighted by Gasteiger charge is 2.49. The number of nitrogens with zero attached hydrogens (tertiary/aromatic N) is 1. The van der Waals surface area contributed by atoms with Crippen LogP contribution < -0.4 is 4.90 Å². The number of allylic oxidation sites excluding steroid dienone is 7. The quantitative estimate of drug-likeness (QED) is 0.184. The normalized spacial score (nSPS) is 21.7. The molecule has 1 heterocycles. The smallest absolute Gasteiger partial charge is 0.0502 e. The molecular formula is C49H45N. The van der Waals surface area contributed by atoms with Crippen LogP contribution >= 0.6 is 0 Å². The highest BCUT2D eigenvalue weighted by atomic mass is 15.2. The molecule has 1 aliphatic heterocycles. The summed E-state index contributed by atoms with van der Waals surface area (Å²) >= 11 is 0. The number of fused-ring (bicyclic) bond motifs is 7. The van der Waals surface area contributed by atoms with Crippen molar-refractivity contribution in [2.45, 2.75) is 71.6 Å². The van der Waals surface area contributed by atoms with Gasteiger partial charge in [0.25, 0.3) is 0 Å². The summed E-state index contributed by atoms with van der Waals surface area (Å²) in [7, 11) is 0. The van der Waals surface area contributed by atoms with E-state index in [4.69, 9.17) is 0 Å². The first-order chi connectivity index (χ1) is 24.1. The van der Waals surface area contributed by atoms with Crippen molar-refractivity contribution in [1.29, 1.82) is 0 Å². The van der Waals surface area contributed by atoms with Crippen LogP contribution in [0.3, 0.4) is 0 Å². The van der Waals surface area contributed by atoms with Crippen LogP contribution in [0.2, 0.25) is 0 Å². The summed E-state index contributed by atoms with van der Waals surface area (Å²) in [6, 6.07) is 39.1. The average molecular weight is 648 g/mol. The van der Waals surface area contributed by atoms with Gasteiger partial charge in [0, 0.05) is 33.5 Å². The Labute approximate surface area is 297 Å². The van der Waals surface area contributed by atoms with Gasteiger partial charge in [-0.05, 0) is 110 Å². The summed E-state index contributed by atoms with van der Waals surface area (Å²) in [5, 5.41) is 2.59. The molecule has 10 rings (SSSR count). The molecule has 0 fully saturated rings. The lowest BCUT2D eigenvalue weighted by Gasteiger charge is -2.47. The van der Waals surface area contributed by atoms with Crippen LogP contribution in [-0.2, 0) is 10.8 Å². The fraction of sp³-hybridized carbons (Fsp3) is 0.265. The molecular weight excluding hydrogens is 603 g/mol. The van der Waals surface area contributed by atoms with Crippen LogP contribution in [-0.4, -0.2) is 0 Å². The lowest BCUT2D eigenvalue weighted by Crippen LogP contribution is -2.37. The number of benzene rings is 5. The Morgan fingerprint density at radius 3 is 2.24 bits per heavy atom. The monoisotopic (exact) mass is 647 g/mol. The van der Waals surface area contributed by atoms with E-state index in [1.165, 1.54) is 79.6 Å². The van der Waals surface area contributed by atoms with Gasteiger partial charge in [0.1, 0.15) is 0 Å². The number of hydrogen-bond acceptors (Lipinski definition) is 1. The van der Waals surface area contributed by atoms with E-state index < -0.39 is 0 Å². The summed E-state index contributed by atoms with van der Waals surface area (Å²) in [5.74, 6) is 0.513. The lowest BCUT2D eigenvalue weighted by molar-refractivity contribution is 0.484. The second kappa shape index (κ2) is 10.1. The van der Waals surface area contributed by atoms with E-state index in [1.54, 1.807) is 22.3 Å². The number of para-hydroxylation sites is 1. The summed E-state index contributed by atoms with van der Waals surface area (Å²) in [6.07, 6.45) is 10.9. The number of hydrogen-bond donors (Lipinski definition) is 0. The predicted molar refractivity (Wildman–Crippen MR) is 211 cm³/mol. The molecule has 5 aromatic carbocycles. The Bertz CT molecular complexity index is 2430. The van der Waals surface area contributed by atoms with Crippen molar-refractivity contribution in [1.82, 2.24) is 0 Å². The molecule has 0 bridgehead atoms. The second-order valence-corrected chi connectivity index (χ2v) is 16.8. The Kier molecular flexibility index (Phi) is 6.06. The Morgan fingerprint density at radius 2 is 1.38 bits per heavy atom. The van der Waals surface area contributed by atoms with Gasteiger partial charge in [-0.2, -0.15) is 0 Å². The molecule has 246 valence electrons. The molecule has 0 radical (unpaired) electrons. The summed E-state index contributed by atoms with van der Waals surface area (Å²) in [6.45, 7) is 14.7. The fourth-order valence-corrected chi connectivity index (χ4v) is 10.5. The van der Waals surface area contributed by atoms with Crippen LogP contribution in [0.15, 0.2) is 149 Å². The van der Waals surface area contributed by atoms with E-state index in [9.17, 15) is 0 Å². The van der Waals surface area contributed by atoms with Crippen LogP contribution in [0.5, 0.6) is 0 Å². The predicted octanol–water partition coefficient (Wildman–Crippen LogP) is 13.1. The average Bonchev–Trinajstić information content (AvgIpc) is 3.49. The molecule has 0 spiro atoms. The first-order valence-electron chi connectivity index (χ1n) is 18.6. The third-order valence-electron chi connectivity index (χ3n) is 13.2. The maximum Gasteiger partial charge on any atom is 0.0502 e. The van der Waals surface area contributed by atoms with E-state index in [0.717, 1.165) is 6.42 Å². The highest BCUT2D eigenvalue weighted by Crippen LogP contribution is 2.62. The van der Waals surface area contributed by atoms with Gasteiger partial charge < -0.3 is 4.90 Å². The minimum atomic E-state index is -0.133. The minimum Gasteiger partial charge on any atom is -0.310 e. The zero-order valence-corrected chi connectivity index (χ0v) is 30.2. The molecule has 0 saturated carbocycles. The van der Waals surface area contributed by atoms with Crippen LogP contribution in [0.1, 0.15) is 77.5 Å². The Hall–Kier alpha value is -4.88. The lowest BCUT2D eigenvalue weighted by atomic mass is 9.65. The Morgan fingerprint density at radius 1 is 0.640 bits per heavy atom. The van der Waals surface area contributed by atoms with Gasteiger partial charge >= 0.3 is 0 Å². The maximum atomic E-state index is 2.62. The van der Waals surface area contributed by atoms with E-state index in [2.05, 4.69) is 168 Å². The second-order valence-electron chi connectivity index (χ2n) is 16.8. The zero-order chi connectivity index (χ0) is 34.2. The fourth-order valence-electron chi connectivity index (χ4n) is 10.5. The molecule has 1 atom stereocenters. The van der Waals surface area contributed by atoms with E-state index in [0.29, 0.717) is 5.92 Å². The summed E-state index contributed by atoms with van der Waals surface area (Å²) in [4.78, 5) is 2.61. The van der Waals surface area contributed by atoms with Crippen LogP contribution in [0, 0.1) is 11.3 Å². The van der Waals surface area contributed by atoms with Gasteiger partial charge in [0.2, 0.25) is 0 Å². The zero-order valence-electron chi connectivity index (χ0n) is 30.2. The molecule has 0 N–H and O–H groups in total. The van der Waals surface area contributed by atoms with E-state index >= 15 is 0 Å². The van der Waals surface area contributed by atoms with Crippen molar-refractivity contribution in [2.75, 3.05) is 4.90 Å². The molecule has 5 aromatic rings. The van der Waals surface area contributed by atoms with Crippen molar-refractivity contribution in [3.63, 3.8) is 0 Å². The van der Waals surface area contributed by atoms with Gasteiger partial charge in [0.05, 0.1) is 5.69 Å². The standard InChI is InChI=1S/C49H45N/c1-47(2)39-19-10-9-17-35(39)38-28-44-46(29-43(38)47)50(45-21-12-11-20-40(45)48(44,3)4)32-23-25-37-36-24-22-31(26-41(36)49(5,6)42(37)27-32)34-18-13-15-30-14-7-8-16-33(30)34/h7-8,10-16,18-27,29,38H,9,17,28H2,1-6H3. The molecule has 1 unspecified atom stereocenters. The summed E-state index contributed by atoms with van der Waals surface area (Å²) < 4.78 is 0. The van der Waals surface area contributed by atoms with Gasteiger partial charge in [0.15, 0.2) is 0 Å². The SMILES string of the molecule is CC1(C)C2=CC3=C(CC2C2=C1C=CCC2)C(C)(C)c1ccccc1N3c1ccc2c(c1)C(C)(C)c1cc(-c3cccc4ccccc34)ccc1-2. The topological polar surface area (TPSA) is 3.24 Å². The minimum absolute atomic E-state index is 0.0472. The Balaban J connectivity index is 1.12. The molecule has 0 saturated heterocycles. The van der Waals surface area contributed by atoms with Gasteiger partial charge in [-0.25, -0.2) is 0 Å². The summed E-state index contributed by atoms with van der Waals surface area (Å²) in [5.41, 5.74) is 19.8. The van der Waals surface area contributed by atoms with Crippen molar-refractivity contribution in [3.05, 3.63) is 166 Å². The van der Waals surface area contributed by atoms with Crippen LogP contribution in [0.25, 0.3) is 33.0 Å². The van der Waals surface area contributed by atoms with Crippen molar-refractivity contribution in [3.8, 4) is 22.3 Å². The third-order valence-corrected chi connectivity index (χ3v) is 13.2. The molecule has 0 amide bonds. The van der Waals surface area contributed by atoms with Crippen LogP contribution in [0.4, 0.5) is 11.4 Å². The number of rotatable bonds is 2. The van der Waals surface area contributed by atoms with E-state index in [-0.39, 0.29) is 16.2 Å². The molecule has 5 aliphatic rings. The molecule has 0 aromatic heterocycles. The molecule has 4 aliphatic carbocycles. The number of anilines is 2. The van der Waals surface area contributed by atoms with Crippen molar-refractivity contribution < 1.29 is 0 Å². The van der Waals surface area contributed by atoms with Gasteiger partial charge in [-0.1, -0.05) is 144 Å². The third kappa shape index (κ3) is 3.90. The van der Waals surface area contributed by atoms with E-state index in [1.807, 2.05) is 0 Å². The van der Waals surface area contributed by atoms with Crippen molar-refractivity contribution >= 4 is 22.1 Å². The maximum absolute atomic E-state index is 2.62.